The molecule has 0 fully saturated rings. The molecule has 1 aromatic rings. The van der Waals surface area contributed by atoms with Gasteiger partial charge in [0.25, 0.3) is 0 Å². The number of hydrogen-bond donors (Lipinski definition) is 1. The van der Waals surface area contributed by atoms with Crippen LogP contribution in [0.2, 0.25) is 0 Å². The molecule has 5 heteroatoms. The molecular formula is C13H13BrN2O2. The van der Waals surface area contributed by atoms with Crippen LogP contribution in [0, 0.1) is 18.3 Å². The summed E-state index contributed by atoms with van der Waals surface area (Å²) in [6.45, 7) is 3.89. The first-order valence-corrected chi connectivity index (χ1v) is 6.18. The lowest BCUT2D eigenvalue weighted by Gasteiger charge is -2.05. The Balaban J connectivity index is 2.80. The summed E-state index contributed by atoms with van der Waals surface area (Å²) in [5.74, 6) is -0.624. The molecule has 1 rings (SSSR count). The lowest BCUT2D eigenvalue weighted by Crippen LogP contribution is -2.07. The van der Waals surface area contributed by atoms with Crippen molar-refractivity contribution in [1.82, 2.24) is 0 Å². The van der Waals surface area contributed by atoms with Crippen LogP contribution in [0.5, 0.6) is 0 Å². The highest BCUT2D eigenvalue weighted by Gasteiger charge is 2.09. The zero-order valence-electron chi connectivity index (χ0n) is 10.2. The van der Waals surface area contributed by atoms with Gasteiger partial charge < -0.3 is 10.1 Å². The summed E-state index contributed by atoms with van der Waals surface area (Å²) in [6.07, 6.45) is 1.35. The Labute approximate surface area is 114 Å². The molecule has 0 aliphatic heterocycles. The second-order valence-electron chi connectivity index (χ2n) is 3.50. The van der Waals surface area contributed by atoms with Gasteiger partial charge in [-0.1, -0.05) is 15.9 Å². The molecule has 0 aliphatic carbocycles. The molecule has 0 unspecified atom stereocenters. The lowest BCUT2D eigenvalue weighted by molar-refractivity contribution is -0.138. The quantitative estimate of drug-likeness (QED) is 0.527. The standard InChI is InChI=1S/C13H13BrN2O2/c1-3-18-13(17)10(7-15)8-16-11-4-5-12(14)9(2)6-11/h4-6,8,16H,3H2,1-2H3/b10-8+. The Bertz CT molecular complexity index is 518. The Hall–Kier alpha value is -1.80. The highest BCUT2D eigenvalue weighted by atomic mass is 79.9. The summed E-state index contributed by atoms with van der Waals surface area (Å²) >= 11 is 3.40. The number of carbonyl (C=O) groups is 1. The minimum absolute atomic E-state index is 0.0579. The lowest BCUT2D eigenvalue weighted by atomic mass is 10.2. The fourth-order valence-corrected chi connectivity index (χ4v) is 1.48. The Kier molecular flexibility index (Phi) is 5.40. The normalized spacial score (nSPS) is 10.7. The maximum Gasteiger partial charge on any atom is 0.350 e. The number of nitriles is 1. The number of rotatable bonds is 4. The molecule has 1 aromatic carbocycles. The molecule has 0 atom stereocenters. The van der Waals surface area contributed by atoms with Gasteiger partial charge in [-0.2, -0.15) is 5.26 Å². The minimum Gasteiger partial charge on any atom is -0.462 e. The van der Waals surface area contributed by atoms with E-state index in [9.17, 15) is 4.79 Å². The van der Waals surface area contributed by atoms with Crippen LogP contribution in [0.25, 0.3) is 0 Å². The fourth-order valence-electron chi connectivity index (χ4n) is 1.24. The average Bonchev–Trinajstić information content (AvgIpc) is 2.34. The highest BCUT2D eigenvalue weighted by molar-refractivity contribution is 9.10. The molecule has 0 spiro atoms. The van der Waals surface area contributed by atoms with E-state index in [1.807, 2.05) is 25.1 Å². The van der Waals surface area contributed by atoms with Gasteiger partial charge in [-0.25, -0.2) is 4.79 Å². The first-order chi connectivity index (χ1) is 8.58. The SMILES string of the molecule is CCOC(=O)/C(C#N)=C/Nc1ccc(Br)c(C)c1. The van der Waals surface area contributed by atoms with Gasteiger partial charge in [-0.3, -0.25) is 0 Å². The van der Waals surface area contributed by atoms with E-state index in [1.165, 1.54) is 6.20 Å². The number of carbonyl (C=O) groups excluding carboxylic acids is 1. The number of halogens is 1. The van der Waals surface area contributed by atoms with E-state index in [4.69, 9.17) is 10.00 Å². The Morgan fingerprint density at radius 3 is 2.89 bits per heavy atom. The number of nitrogens with zero attached hydrogens (tertiary/aromatic N) is 1. The molecule has 4 nitrogen and oxygen atoms in total. The van der Waals surface area contributed by atoms with E-state index in [1.54, 1.807) is 13.0 Å². The number of hydrogen-bond acceptors (Lipinski definition) is 4. The van der Waals surface area contributed by atoms with Gasteiger partial charge >= 0.3 is 5.97 Å². The van der Waals surface area contributed by atoms with Crippen LogP contribution >= 0.6 is 15.9 Å². The van der Waals surface area contributed by atoms with Crippen molar-refractivity contribution < 1.29 is 9.53 Å². The van der Waals surface area contributed by atoms with Crippen molar-refractivity contribution >= 4 is 27.6 Å². The summed E-state index contributed by atoms with van der Waals surface area (Å²) < 4.78 is 5.75. The van der Waals surface area contributed by atoms with Gasteiger partial charge in [0.15, 0.2) is 5.57 Å². The first-order valence-electron chi connectivity index (χ1n) is 5.38. The molecule has 0 aromatic heterocycles. The third kappa shape index (κ3) is 3.90. The van der Waals surface area contributed by atoms with Crippen molar-refractivity contribution in [1.29, 1.82) is 5.26 Å². The maximum absolute atomic E-state index is 11.4. The largest absolute Gasteiger partial charge is 0.462 e. The number of nitrogens with one attached hydrogen (secondary N) is 1. The smallest absolute Gasteiger partial charge is 0.350 e. The number of aryl methyl sites for hydroxylation is 1. The summed E-state index contributed by atoms with van der Waals surface area (Å²) in [5.41, 5.74) is 1.80. The summed E-state index contributed by atoms with van der Waals surface area (Å²) in [5, 5.41) is 11.7. The van der Waals surface area contributed by atoms with Gasteiger partial charge in [0.1, 0.15) is 6.07 Å². The Morgan fingerprint density at radius 2 is 2.33 bits per heavy atom. The average molecular weight is 309 g/mol. The second-order valence-corrected chi connectivity index (χ2v) is 4.35. The molecule has 1 N–H and O–H groups in total. The summed E-state index contributed by atoms with van der Waals surface area (Å²) in [7, 11) is 0. The van der Waals surface area contributed by atoms with Crippen molar-refractivity contribution in [2.75, 3.05) is 11.9 Å². The van der Waals surface area contributed by atoms with Crippen LogP contribution in [0.4, 0.5) is 5.69 Å². The van der Waals surface area contributed by atoms with Crippen molar-refractivity contribution in [2.45, 2.75) is 13.8 Å². The molecule has 0 saturated carbocycles. The van der Waals surface area contributed by atoms with Crippen molar-refractivity contribution in [3.63, 3.8) is 0 Å². The number of anilines is 1. The van der Waals surface area contributed by atoms with Crippen LogP contribution in [-0.4, -0.2) is 12.6 Å². The monoisotopic (exact) mass is 308 g/mol. The predicted octanol–water partition coefficient (Wildman–Crippen LogP) is 3.14. The van der Waals surface area contributed by atoms with E-state index in [2.05, 4.69) is 21.2 Å². The molecule has 94 valence electrons. The van der Waals surface area contributed by atoms with Crippen LogP contribution < -0.4 is 5.32 Å². The van der Waals surface area contributed by atoms with Crippen LogP contribution in [0.3, 0.4) is 0 Å². The molecule has 0 aliphatic rings. The first kappa shape index (κ1) is 14.3. The van der Waals surface area contributed by atoms with E-state index in [0.29, 0.717) is 0 Å². The van der Waals surface area contributed by atoms with E-state index in [0.717, 1.165) is 15.7 Å². The van der Waals surface area contributed by atoms with Crippen molar-refractivity contribution in [3.8, 4) is 6.07 Å². The molecular weight excluding hydrogens is 296 g/mol. The fraction of sp³-hybridized carbons (Fsp3) is 0.231. The van der Waals surface area contributed by atoms with Gasteiger partial charge in [-0.05, 0) is 37.6 Å². The van der Waals surface area contributed by atoms with Crippen LogP contribution in [0.15, 0.2) is 34.4 Å². The third-order valence-corrected chi connectivity index (χ3v) is 3.05. The molecule has 18 heavy (non-hydrogen) atoms. The number of benzene rings is 1. The number of esters is 1. The Morgan fingerprint density at radius 1 is 1.61 bits per heavy atom. The van der Waals surface area contributed by atoms with E-state index >= 15 is 0 Å². The van der Waals surface area contributed by atoms with Crippen molar-refractivity contribution in [3.05, 3.63) is 40.0 Å². The second kappa shape index (κ2) is 6.82. The molecule has 0 heterocycles. The van der Waals surface area contributed by atoms with Gasteiger partial charge in [0.2, 0.25) is 0 Å². The van der Waals surface area contributed by atoms with Crippen molar-refractivity contribution in [2.24, 2.45) is 0 Å². The highest BCUT2D eigenvalue weighted by Crippen LogP contribution is 2.20. The zero-order chi connectivity index (χ0) is 13.5. The molecule has 0 saturated heterocycles. The zero-order valence-corrected chi connectivity index (χ0v) is 11.7. The topological polar surface area (TPSA) is 62.1 Å². The maximum atomic E-state index is 11.4. The van der Waals surface area contributed by atoms with E-state index in [-0.39, 0.29) is 12.2 Å². The van der Waals surface area contributed by atoms with E-state index < -0.39 is 5.97 Å². The molecule has 0 amide bonds. The number of ether oxygens (including phenoxy) is 1. The van der Waals surface area contributed by atoms with Gasteiger partial charge in [-0.15, -0.1) is 0 Å². The minimum atomic E-state index is -0.624. The van der Waals surface area contributed by atoms with Gasteiger partial charge in [0.05, 0.1) is 6.61 Å². The summed E-state index contributed by atoms with van der Waals surface area (Å²) in [4.78, 5) is 11.4. The van der Waals surface area contributed by atoms with Crippen LogP contribution in [0.1, 0.15) is 12.5 Å². The van der Waals surface area contributed by atoms with Crippen LogP contribution in [-0.2, 0) is 9.53 Å². The summed E-state index contributed by atoms with van der Waals surface area (Å²) in [6, 6.07) is 7.43. The molecule has 0 bridgehead atoms. The predicted molar refractivity (Wildman–Crippen MR) is 72.8 cm³/mol. The molecule has 0 radical (unpaired) electrons. The third-order valence-electron chi connectivity index (χ3n) is 2.16. The van der Waals surface area contributed by atoms with Gasteiger partial charge in [0, 0.05) is 16.4 Å².